The summed E-state index contributed by atoms with van der Waals surface area (Å²) in [5.41, 5.74) is 0. The molecule has 51 heavy (non-hydrogen) atoms. The van der Waals surface area contributed by atoms with Gasteiger partial charge in [-0.1, -0.05) is 134 Å². The maximum Gasteiger partial charge on any atom is 0.472 e. The molecular formula is C40H75O10P. The number of esters is 2. The number of rotatable bonds is 38. The SMILES string of the molecule is CCCC/C=C/CCCCCCCCCCCC(=O)OC[C@H](COP(=O)(O)OC[C@@H](O)CO)OC(=O)CCCCCCC/C=C/CCCCCC. The highest BCUT2D eigenvalue weighted by atomic mass is 31.2. The minimum atomic E-state index is -4.61. The van der Waals surface area contributed by atoms with Crippen molar-refractivity contribution in [3.63, 3.8) is 0 Å². The number of carbonyl (C=O) groups is 2. The van der Waals surface area contributed by atoms with Gasteiger partial charge in [0.25, 0.3) is 0 Å². The second-order valence-electron chi connectivity index (χ2n) is 13.7. The van der Waals surface area contributed by atoms with Crippen LogP contribution in [0.2, 0.25) is 0 Å². The Morgan fingerprint density at radius 2 is 0.980 bits per heavy atom. The van der Waals surface area contributed by atoms with E-state index in [1.165, 1.54) is 83.5 Å². The minimum absolute atomic E-state index is 0.175. The molecule has 3 N–H and O–H groups in total. The molecule has 0 aromatic rings. The van der Waals surface area contributed by atoms with Crippen molar-refractivity contribution in [1.29, 1.82) is 0 Å². The number of aliphatic hydroxyl groups is 2. The molecule has 0 saturated heterocycles. The Labute approximate surface area is 310 Å². The molecule has 11 heteroatoms. The van der Waals surface area contributed by atoms with Crippen molar-refractivity contribution in [2.24, 2.45) is 0 Å². The summed E-state index contributed by atoms with van der Waals surface area (Å²) in [6, 6.07) is 0. The fourth-order valence-electron chi connectivity index (χ4n) is 5.38. The average Bonchev–Trinajstić information content (AvgIpc) is 3.12. The molecule has 0 saturated carbocycles. The molecule has 0 fully saturated rings. The first kappa shape index (κ1) is 49.5. The Hall–Kier alpha value is -1.55. The van der Waals surface area contributed by atoms with Crippen LogP contribution in [-0.4, -0.2) is 65.7 Å². The van der Waals surface area contributed by atoms with Gasteiger partial charge in [0.15, 0.2) is 6.10 Å². The molecular weight excluding hydrogens is 671 g/mol. The van der Waals surface area contributed by atoms with Gasteiger partial charge in [0.05, 0.1) is 19.8 Å². The van der Waals surface area contributed by atoms with Crippen LogP contribution in [0.5, 0.6) is 0 Å². The van der Waals surface area contributed by atoms with E-state index in [9.17, 15) is 24.2 Å². The summed E-state index contributed by atoms with van der Waals surface area (Å²) in [7, 11) is -4.61. The first-order chi connectivity index (χ1) is 24.7. The fourth-order valence-corrected chi connectivity index (χ4v) is 6.17. The Kier molecular flexibility index (Phi) is 35.7. The molecule has 0 aromatic carbocycles. The molecule has 0 aromatic heterocycles. The maximum absolute atomic E-state index is 12.6. The van der Waals surface area contributed by atoms with Crippen LogP contribution in [0, 0.1) is 0 Å². The van der Waals surface area contributed by atoms with Gasteiger partial charge in [-0.3, -0.25) is 18.6 Å². The molecule has 0 aliphatic carbocycles. The van der Waals surface area contributed by atoms with Gasteiger partial charge in [0.2, 0.25) is 0 Å². The van der Waals surface area contributed by atoms with Gasteiger partial charge >= 0.3 is 19.8 Å². The van der Waals surface area contributed by atoms with E-state index >= 15 is 0 Å². The normalized spacial score (nSPS) is 14.2. The third kappa shape index (κ3) is 36.6. The van der Waals surface area contributed by atoms with Crippen molar-refractivity contribution >= 4 is 19.8 Å². The monoisotopic (exact) mass is 747 g/mol. The lowest BCUT2D eigenvalue weighted by Crippen LogP contribution is -2.29. The molecule has 0 amide bonds. The van der Waals surface area contributed by atoms with Gasteiger partial charge in [-0.25, -0.2) is 4.57 Å². The fraction of sp³-hybridized carbons (Fsp3) is 0.850. The van der Waals surface area contributed by atoms with Crippen LogP contribution in [0.4, 0.5) is 0 Å². The number of aliphatic hydroxyl groups excluding tert-OH is 2. The summed E-state index contributed by atoms with van der Waals surface area (Å²) in [4.78, 5) is 34.9. The second-order valence-corrected chi connectivity index (χ2v) is 15.1. The molecule has 0 heterocycles. The number of ether oxygens (including phenoxy) is 2. The van der Waals surface area contributed by atoms with Crippen molar-refractivity contribution in [2.75, 3.05) is 26.4 Å². The highest BCUT2D eigenvalue weighted by Crippen LogP contribution is 2.43. The lowest BCUT2D eigenvalue weighted by atomic mass is 10.1. The van der Waals surface area contributed by atoms with Crippen molar-refractivity contribution in [1.82, 2.24) is 0 Å². The van der Waals surface area contributed by atoms with Crippen molar-refractivity contribution in [3.8, 4) is 0 Å². The van der Waals surface area contributed by atoms with Crippen LogP contribution in [-0.2, 0) is 32.7 Å². The Morgan fingerprint density at radius 3 is 1.47 bits per heavy atom. The van der Waals surface area contributed by atoms with Crippen LogP contribution in [0.1, 0.15) is 181 Å². The number of phosphoric acid groups is 1. The molecule has 300 valence electrons. The third-order valence-corrected chi connectivity index (χ3v) is 9.53. The van der Waals surface area contributed by atoms with E-state index < -0.39 is 51.8 Å². The molecule has 3 atom stereocenters. The summed E-state index contributed by atoms with van der Waals surface area (Å²) in [6.45, 7) is 2.32. The number of hydrogen-bond acceptors (Lipinski definition) is 9. The summed E-state index contributed by atoms with van der Waals surface area (Å²) >= 11 is 0. The predicted molar refractivity (Wildman–Crippen MR) is 205 cm³/mol. The summed E-state index contributed by atoms with van der Waals surface area (Å²) in [6.07, 6.45) is 34.3. The molecule has 1 unspecified atom stereocenters. The van der Waals surface area contributed by atoms with E-state index in [0.29, 0.717) is 12.8 Å². The van der Waals surface area contributed by atoms with Crippen LogP contribution in [0.15, 0.2) is 24.3 Å². The Bertz CT molecular complexity index is 910. The van der Waals surface area contributed by atoms with Gasteiger partial charge in [0, 0.05) is 12.8 Å². The predicted octanol–water partition coefficient (Wildman–Crippen LogP) is 10.2. The second kappa shape index (κ2) is 36.8. The topological polar surface area (TPSA) is 149 Å². The van der Waals surface area contributed by atoms with Crippen LogP contribution < -0.4 is 0 Å². The van der Waals surface area contributed by atoms with Gasteiger partial charge in [-0.15, -0.1) is 0 Å². The lowest BCUT2D eigenvalue weighted by molar-refractivity contribution is -0.161. The summed E-state index contributed by atoms with van der Waals surface area (Å²) in [5, 5.41) is 18.3. The van der Waals surface area contributed by atoms with Gasteiger partial charge in [-0.05, 0) is 57.8 Å². The third-order valence-electron chi connectivity index (χ3n) is 8.58. The first-order valence-corrected chi connectivity index (χ1v) is 21.8. The van der Waals surface area contributed by atoms with E-state index in [4.69, 9.17) is 19.1 Å². The Morgan fingerprint density at radius 1 is 0.569 bits per heavy atom. The highest BCUT2D eigenvalue weighted by Gasteiger charge is 2.27. The molecule has 0 rings (SSSR count). The quantitative estimate of drug-likeness (QED) is 0.0241. The summed E-state index contributed by atoms with van der Waals surface area (Å²) in [5.74, 6) is -0.935. The average molecular weight is 747 g/mol. The van der Waals surface area contributed by atoms with E-state index in [1.807, 2.05) is 0 Å². The zero-order valence-corrected chi connectivity index (χ0v) is 33.2. The summed E-state index contributed by atoms with van der Waals surface area (Å²) < 4.78 is 32.6. The Balaban J connectivity index is 4.33. The standard InChI is InChI=1S/C40H75O10P/c1-3-5-7-9-11-13-15-17-18-20-21-23-25-27-29-31-39(43)47-35-38(36-49-51(45,46)48-34-37(42)33-41)50-40(44)32-30-28-26-24-22-19-16-14-12-10-8-6-4-2/h9,11,14,16,37-38,41-42H,3-8,10,12-13,15,17-36H2,1-2H3,(H,45,46)/b11-9+,16-14+/t37-,38+/m0/s1. The van der Waals surface area contributed by atoms with E-state index in [2.05, 4.69) is 42.7 Å². The van der Waals surface area contributed by atoms with Crippen LogP contribution in [0.25, 0.3) is 0 Å². The highest BCUT2D eigenvalue weighted by molar-refractivity contribution is 7.47. The number of carbonyl (C=O) groups excluding carboxylic acids is 2. The zero-order chi connectivity index (χ0) is 37.7. The van der Waals surface area contributed by atoms with E-state index in [0.717, 1.165) is 57.8 Å². The first-order valence-electron chi connectivity index (χ1n) is 20.3. The maximum atomic E-state index is 12.6. The largest absolute Gasteiger partial charge is 0.472 e. The van der Waals surface area contributed by atoms with Crippen LogP contribution in [0.3, 0.4) is 0 Å². The molecule has 0 bridgehead atoms. The molecule has 0 aliphatic heterocycles. The number of allylic oxidation sites excluding steroid dienone is 4. The number of phosphoric ester groups is 1. The zero-order valence-electron chi connectivity index (χ0n) is 32.3. The molecule has 10 nitrogen and oxygen atoms in total. The molecule has 0 aliphatic rings. The molecule has 0 radical (unpaired) electrons. The van der Waals surface area contributed by atoms with Crippen molar-refractivity contribution in [2.45, 2.75) is 193 Å². The minimum Gasteiger partial charge on any atom is -0.462 e. The van der Waals surface area contributed by atoms with E-state index in [1.54, 1.807) is 0 Å². The smallest absolute Gasteiger partial charge is 0.462 e. The van der Waals surface area contributed by atoms with Gasteiger partial charge in [-0.2, -0.15) is 0 Å². The van der Waals surface area contributed by atoms with Crippen molar-refractivity contribution < 1.29 is 47.8 Å². The van der Waals surface area contributed by atoms with Crippen LogP contribution >= 0.6 is 7.82 Å². The number of unbranched alkanes of at least 4 members (excludes halogenated alkanes) is 20. The number of hydrogen-bond donors (Lipinski definition) is 3. The van der Waals surface area contributed by atoms with E-state index in [-0.39, 0.29) is 19.4 Å². The van der Waals surface area contributed by atoms with Crippen molar-refractivity contribution in [3.05, 3.63) is 24.3 Å². The van der Waals surface area contributed by atoms with Gasteiger partial charge < -0.3 is 24.6 Å². The molecule has 0 spiro atoms. The van der Waals surface area contributed by atoms with Gasteiger partial charge in [0.1, 0.15) is 12.7 Å². The lowest BCUT2D eigenvalue weighted by Gasteiger charge is -2.20.